The monoisotopic (exact) mass is 213 g/mol. The number of rotatable bonds is 3. The maximum atomic E-state index is 13.3. The lowest BCUT2D eigenvalue weighted by Gasteiger charge is -2.17. The first-order chi connectivity index (χ1) is 6.95. The van der Waals surface area contributed by atoms with Crippen LogP contribution in [0, 0.1) is 12.7 Å². The Hall–Kier alpha value is -1.46. The average molecular weight is 213 g/mol. The second-order valence-corrected chi connectivity index (χ2v) is 3.26. The van der Waals surface area contributed by atoms with Crippen LogP contribution < -0.4 is 5.73 Å². The smallest absolute Gasteiger partial charge is 0.249 e. The number of nitrogens with two attached hydrogens (primary N) is 1. The molecule has 2 atom stereocenters. The van der Waals surface area contributed by atoms with Crippen molar-refractivity contribution in [1.82, 2.24) is 0 Å². The molecule has 0 heterocycles. The summed E-state index contributed by atoms with van der Waals surface area (Å²) in [5.74, 6) is -1.77. The Morgan fingerprint density at radius 3 is 2.53 bits per heavy atom. The summed E-state index contributed by atoms with van der Waals surface area (Å²) in [6.45, 7) is 1.56. The zero-order valence-corrected chi connectivity index (χ0v) is 8.14. The number of hydrogen-bond acceptors (Lipinski definition) is 3. The van der Waals surface area contributed by atoms with Crippen molar-refractivity contribution in [3.63, 3.8) is 0 Å². The number of aryl methyl sites for hydroxylation is 1. The maximum Gasteiger partial charge on any atom is 0.249 e. The fraction of sp³-hybridized carbons (Fsp3) is 0.300. The average Bonchev–Trinajstić information content (AvgIpc) is 2.15. The van der Waals surface area contributed by atoms with Crippen LogP contribution in [-0.2, 0) is 4.79 Å². The van der Waals surface area contributed by atoms with Gasteiger partial charge in [0, 0.05) is 5.56 Å². The molecular weight excluding hydrogens is 201 g/mol. The third-order valence-electron chi connectivity index (χ3n) is 2.16. The van der Waals surface area contributed by atoms with E-state index in [-0.39, 0.29) is 5.56 Å². The van der Waals surface area contributed by atoms with E-state index in [1.54, 1.807) is 13.0 Å². The molecule has 1 aromatic carbocycles. The highest BCUT2D eigenvalue weighted by Crippen LogP contribution is 2.23. The minimum Gasteiger partial charge on any atom is -0.385 e. The number of amides is 1. The van der Waals surface area contributed by atoms with E-state index in [4.69, 9.17) is 5.73 Å². The molecule has 1 aromatic rings. The molecular formula is C10H12FNO3. The van der Waals surface area contributed by atoms with Crippen molar-refractivity contribution in [3.8, 4) is 0 Å². The highest BCUT2D eigenvalue weighted by Gasteiger charge is 2.26. The van der Waals surface area contributed by atoms with Crippen molar-refractivity contribution in [1.29, 1.82) is 0 Å². The highest BCUT2D eigenvalue weighted by atomic mass is 19.1. The van der Waals surface area contributed by atoms with Gasteiger partial charge in [-0.1, -0.05) is 12.1 Å². The summed E-state index contributed by atoms with van der Waals surface area (Å²) in [5, 5.41) is 18.7. The molecule has 0 radical (unpaired) electrons. The lowest BCUT2D eigenvalue weighted by atomic mass is 9.98. The highest BCUT2D eigenvalue weighted by molar-refractivity contribution is 5.79. The van der Waals surface area contributed by atoms with Crippen LogP contribution in [0.15, 0.2) is 18.2 Å². The molecule has 0 saturated heterocycles. The summed E-state index contributed by atoms with van der Waals surface area (Å²) in [6.07, 6.45) is -3.44. The van der Waals surface area contributed by atoms with Crippen LogP contribution >= 0.6 is 0 Å². The van der Waals surface area contributed by atoms with E-state index in [0.717, 1.165) is 6.07 Å². The van der Waals surface area contributed by atoms with Crippen LogP contribution in [0.4, 0.5) is 4.39 Å². The Balaban J connectivity index is 3.10. The molecule has 0 aliphatic carbocycles. The van der Waals surface area contributed by atoms with Gasteiger partial charge in [0.25, 0.3) is 0 Å². The molecule has 0 bridgehead atoms. The largest absolute Gasteiger partial charge is 0.385 e. The van der Waals surface area contributed by atoms with Crippen LogP contribution in [-0.4, -0.2) is 22.2 Å². The van der Waals surface area contributed by atoms with E-state index in [2.05, 4.69) is 0 Å². The Kier molecular flexibility index (Phi) is 3.39. The lowest BCUT2D eigenvalue weighted by Crippen LogP contribution is -2.34. The lowest BCUT2D eigenvalue weighted by molar-refractivity contribution is -0.132. The first-order valence-corrected chi connectivity index (χ1v) is 4.35. The van der Waals surface area contributed by atoms with Crippen molar-refractivity contribution in [3.05, 3.63) is 35.1 Å². The van der Waals surface area contributed by atoms with Gasteiger partial charge in [-0.15, -0.1) is 0 Å². The van der Waals surface area contributed by atoms with Crippen molar-refractivity contribution in [2.24, 2.45) is 5.73 Å². The molecule has 0 spiro atoms. The van der Waals surface area contributed by atoms with Crippen LogP contribution in [0.5, 0.6) is 0 Å². The SMILES string of the molecule is Cc1cccc(F)c1C(O)C(O)C(N)=O. The van der Waals surface area contributed by atoms with E-state index < -0.39 is 23.9 Å². The van der Waals surface area contributed by atoms with Gasteiger partial charge in [0.05, 0.1) is 0 Å². The molecule has 15 heavy (non-hydrogen) atoms. The Morgan fingerprint density at radius 1 is 1.47 bits per heavy atom. The summed E-state index contributed by atoms with van der Waals surface area (Å²) in [4.78, 5) is 10.6. The minimum atomic E-state index is -1.81. The summed E-state index contributed by atoms with van der Waals surface area (Å²) in [7, 11) is 0. The summed E-state index contributed by atoms with van der Waals surface area (Å²) in [6, 6.07) is 4.17. The molecule has 4 nitrogen and oxygen atoms in total. The molecule has 0 saturated carbocycles. The number of aliphatic hydroxyl groups excluding tert-OH is 2. The minimum absolute atomic E-state index is 0.108. The second kappa shape index (κ2) is 4.37. The third-order valence-corrected chi connectivity index (χ3v) is 2.16. The first kappa shape index (κ1) is 11.6. The van der Waals surface area contributed by atoms with E-state index in [0.29, 0.717) is 5.56 Å². The number of benzene rings is 1. The number of halogens is 1. The van der Waals surface area contributed by atoms with Gasteiger partial charge in [0.15, 0.2) is 6.10 Å². The van der Waals surface area contributed by atoms with Crippen LogP contribution in [0.1, 0.15) is 17.2 Å². The van der Waals surface area contributed by atoms with Gasteiger partial charge in [-0.2, -0.15) is 0 Å². The molecule has 1 amide bonds. The Labute approximate surface area is 86.1 Å². The molecule has 0 aliphatic rings. The predicted molar refractivity (Wildman–Crippen MR) is 51.3 cm³/mol. The van der Waals surface area contributed by atoms with Gasteiger partial charge in [0.2, 0.25) is 5.91 Å². The predicted octanol–water partition coefficient (Wildman–Crippen LogP) is 0.0137. The van der Waals surface area contributed by atoms with Gasteiger partial charge >= 0.3 is 0 Å². The van der Waals surface area contributed by atoms with Crippen LogP contribution in [0.3, 0.4) is 0 Å². The van der Waals surface area contributed by atoms with Gasteiger partial charge in [-0.3, -0.25) is 4.79 Å². The van der Waals surface area contributed by atoms with E-state index in [1.165, 1.54) is 6.07 Å². The van der Waals surface area contributed by atoms with E-state index in [9.17, 15) is 19.4 Å². The molecule has 1 rings (SSSR count). The van der Waals surface area contributed by atoms with Gasteiger partial charge < -0.3 is 15.9 Å². The van der Waals surface area contributed by atoms with Crippen LogP contribution in [0.2, 0.25) is 0 Å². The zero-order chi connectivity index (χ0) is 11.6. The van der Waals surface area contributed by atoms with Crippen molar-refractivity contribution < 1.29 is 19.4 Å². The number of carbonyl (C=O) groups is 1. The number of carbonyl (C=O) groups excluding carboxylic acids is 1. The van der Waals surface area contributed by atoms with Gasteiger partial charge in [-0.05, 0) is 18.6 Å². The Morgan fingerprint density at radius 2 is 2.07 bits per heavy atom. The normalized spacial score (nSPS) is 14.7. The number of primary amides is 1. The summed E-state index contributed by atoms with van der Waals surface area (Å²) in [5.41, 5.74) is 5.14. The summed E-state index contributed by atoms with van der Waals surface area (Å²) < 4.78 is 13.3. The van der Waals surface area contributed by atoms with Crippen molar-refractivity contribution in [2.75, 3.05) is 0 Å². The van der Waals surface area contributed by atoms with E-state index >= 15 is 0 Å². The maximum absolute atomic E-state index is 13.3. The fourth-order valence-corrected chi connectivity index (χ4v) is 1.33. The molecule has 0 fully saturated rings. The quantitative estimate of drug-likeness (QED) is 0.661. The second-order valence-electron chi connectivity index (χ2n) is 3.26. The van der Waals surface area contributed by atoms with Crippen molar-refractivity contribution in [2.45, 2.75) is 19.1 Å². The molecule has 2 unspecified atom stereocenters. The summed E-state index contributed by atoms with van der Waals surface area (Å²) >= 11 is 0. The van der Waals surface area contributed by atoms with Crippen molar-refractivity contribution >= 4 is 5.91 Å². The first-order valence-electron chi connectivity index (χ1n) is 4.35. The topological polar surface area (TPSA) is 83.6 Å². The molecule has 4 N–H and O–H groups in total. The molecule has 5 heteroatoms. The molecule has 0 aliphatic heterocycles. The van der Waals surface area contributed by atoms with E-state index in [1.807, 2.05) is 0 Å². The van der Waals surface area contributed by atoms with Crippen LogP contribution in [0.25, 0.3) is 0 Å². The Bertz CT molecular complexity index is 361. The number of aliphatic hydroxyl groups is 2. The molecule has 0 aromatic heterocycles. The third kappa shape index (κ3) is 2.31. The number of hydrogen-bond donors (Lipinski definition) is 3. The fourth-order valence-electron chi connectivity index (χ4n) is 1.33. The molecule has 82 valence electrons. The van der Waals surface area contributed by atoms with Gasteiger partial charge in [-0.25, -0.2) is 4.39 Å². The van der Waals surface area contributed by atoms with Gasteiger partial charge in [0.1, 0.15) is 11.9 Å². The zero-order valence-electron chi connectivity index (χ0n) is 8.14. The standard InChI is InChI=1S/C10H12FNO3/c1-5-3-2-4-6(11)7(5)8(13)9(14)10(12)15/h2-4,8-9,13-14H,1H3,(H2,12,15).